The third kappa shape index (κ3) is 5.01. The molecular weight excluding hydrogens is 404 g/mol. The van der Waals surface area contributed by atoms with Crippen molar-refractivity contribution in [3.63, 3.8) is 0 Å². The number of benzene rings is 1. The molecule has 33 heavy (non-hydrogen) atoms. The van der Waals surface area contributed by atoms with Crippen LogP contribution >= 0.6 is 0 Å². The molecule has 0 aliphatic heterocycles. The molecule has 3 fully saturated rings. The van der Waals surface area contributed by atoms with Crippen LogP contribution in [0.15, 0.2) is 12.1 Å². The topological polar surface area (TPSA) is 26.7 Å². The maximum absolute atomic E-state index is 11.8. The third-order valence-electron chi connectivity index (χ3n) is 9.65. The maximum Gasteiger partial charge on any atom is 0.123 e. The van der Waals surface area contributed by atoms with Gasteiger partial charge in [0.05, 0.1) is 0 Å². The highest BCUT2D eigenvalue weighted by atomic mass is 16.3. The van der Waals surface area contributed by atoms with E-state index in [1.165, 1.54) is 68.9 Å². The lowest BCUT2D eigenvalue weighted by molar-refractivity contribution is 0.0870. The van der Waals surface area contributed by atoms with E-state index >= 15 is 0 Å². The fourth-order valence-corrected chi connectivity index (χ4v) is 7.68. The molecule has 1 aromatic carbocycles. The number of fused-ring (bicyclic) bond motifs is 2. The SMILES string of the molecule is CCC1(c2cc(C(C)(C)C)cc(CN(C)[C@@H]3CCCC[C@H]3N(C)C)c2O)C[C@@H]2CC[C@H](C2)C1. The first-order valence-electron chi connectivity index (χ1n) is 13.8. The van der Waals surface area contributed by atoms with Gasteiger partial charge in [-0.2, -0.15) is 0 Å². The summed E-state index contributed by atoms with van der Waals surface area (Å²) < 4.78 is 0. The van der Waals surface area contributed by atoms with Crippen molar-refractivity contribution in [1.82, 2.24) is 9.80 Å². The van der Waals surface area contributed by atoms with Gasteiger partial charge in [-0.15, -0.1) is 0 Å². The van der Waals surface area contributed by atoms with Crippen molar-refractivity contribution >= 4 is 0 Å². The molecule has 0 aromatic heterocycles. The van der Waals surface area contributed by atoms with Gasteiger partial charge in [0.2, 0.25) is 0 Å². The Morgan fingerprint density at radius 2 is 1.55 bits per heavy atom. The largest absolute Gasteiger partial charge is 0.507 e. The molecule has 0 radical (unpaired) electrons. The number of aromatic hydroxyl groups is 1. The van der Waals surface area contributed by atoms with Gasteiger partial charge in [-0.1, -0.05) is 65.5 Å². The molecule has 3 saturated carbocycles. The Kier molecular flexibility index (Phi) is 7.23. The monoisotopic (exact) mass is 454 g/mol. The van der Waals surface area contributed by atoms with Crippen LogP contribution in [0.2, 0.25) is 0 Å². The molecule has 4 atom stereocenters. The molecule has 3 heteroatoms. The van der Waals surface area contributed by atoms with E-state index in [1.54, 1.807) is 0 Å². The second-order valence-corrected chi connectivity index (χ2v) is 13.2. The van der Waals surface area contributed by atoms with E-state index in [2.05, 4.69) is 70.8 Å². The minimum absolute atomic E-state index is 0.0787. The zero-order chi connectivity index (χ0) is 24.0. The summed E-state index contributed by atoms with van der Waals surface area (Å²) in [6.45, 7) is 10.2. The third-order valence-corrected chi connectivity index (χ3v) is 9.65. The van der Waals surface area contributed by atoms with Gasteiger partial charge >= 0.3 is 0 Å². The second kappa shape index (κ2) is 9.53. The number of rotatable bonds is 6. The van der Waals surface area contributed by atoms with Gasteiger partial charge in [0.15, 0.2) is 0 Å². The van der Waals surface area contributed by atoms with E-state index < -0.39 is 0 Å². The number of phenols is 1. The van der Waals surface area contributed by atoms with Crippen LogP contribution < -0.4 is 0 Å². The standard InChI is InChI=1S/C30H50N2O/c1-8-30(18-21-13-14-22(15-21)19-30)25-17-24(29(2,3)4)16-23(28(25)33)20-32(7)27-12-10-9-11-26(27)31(5)6/h16-17,21-22,26-27,33H,8-15,18-20H2,1-7H3/t21-,22-,26-,27-/m1/s1. The normalized spacial score (nSPS) is 32.6. The summed E-state index contributed by atoms with van der Waals surface area (Å²) in [6.07, 6.45) is 13.1. The lowest BCUT2D eigenvalue weighted by atomic mass is 9.63. The number of likely N-dealkylation sites (N-methyl/N-ethyl adjacent to an activating group) is 2. The van der Waals surface area contributed by atoms with Gasteiger partial charge in [-0.3, -0.25) is 4.90 Å². The van der Waals surface area contributed by atoms with Gasteiger partial charge in [0.1, 0.15) is 5.75 Å². The Labute approximate surface area is 203 Å². The van der Waals surface area contributed by atoms with Crippen molar-refractivity contribution in [2.24, 2.45) is 11.8 Å². The second-order valence-electron chi connectivity index (χ2n) is 13.2. The highest BCUT2D eigenvalue weighted by Gasteiger charge is 2.45. The van der Waals surface area contributed by atoms with Crippen molar-refractivity contribution in [1.29, 1.82) is 0 Å². The van der Waals surface area contributed by atoms with Gasteiger partial charge in [-0.25, -0.2) is 0 Å². The number of hydrogen-bond acceptors (Lipinski definition) is 3. The predicted octanol–water partition coefficient (Wildman–Crippen LogP) is 6.85. The summed E-state index contributed by atoms with van der Waals surface area (Å²) in [5.41, 5.74) is 4.03. The molecule has 2 bridgehead atoms. The van der Waals surface area contributed by atoms with Crippen LogP contribution in [0.1, 0.15) is 109 Å². The zero-order valence-corrected chi connectivity index (χ0v) is 22.6. The first-order valence-corrected chi connectivity index (χ1v) is 13.8. The van der Waals surface area contributed by atoms with Gasteiger partial charge in [0, 0.05) is 29.8 Å². The molecule has 3 aliphatic carbocycles. The van der Waals surface area contributed by atoms with E-state index in [4.69, 9.17) is 0 Å². The van der Waals surface area contributed by atoms with Gasteiger partial charge in [-0.05, 0) is 87.9 Å². The van der Waals surface area contributed by atoms with Gasteiger partial charge in [0.25, 0.3) is 0 Å². The zero-order valence-electron chi connectivity index (χ0n) is 22.6. The van der Waals surface area contributed by atoms with Crippen LogP contribution in [0.4, 0.5) is 0 Å². The molecule has 0 unspecified atom stereocenters. The highest BCUT2D eigenvalue weighted by molar-refractivity contribution is 5.50. The minimum Gasteiger partial charge on any atom is -0.507 e. The minimum atomic E-state index is 0.0787. The van der Waals surface area contributed by atoms with E-state index in [1.807, 2.05) is 0 Å². The molecule has 1 aromatic rings. The number of phenolic OH excluding ortho intramolecular Hbond substituents is 1. The van der Waals surface area contributed by atoms with Crippen molar-refractivity contribution in [2.75, 3.05) is 21.1 Å². The van der Waals surface area contributed by atoms with E-state index in [9.17, 15) is 5.11 Å². The van der Waals surface area contributed by atoms with Crippen LogP contribution in [0.5, 0.6) is 5.75 Å². The van der Waals surface area contributed by atoms with Crippen molar-refractivity contribution in [2.45, 2.75) is 121 Å². The molecule has 0 heterocycles. The number of nitrogens with zero attached hydrogens (tertiary/aromatic N) is 2. The van der Waals surface area contributed by atoms with E-state index in [0.717, 1.165) is 30.4 Å². The molecular formula is C30H50N2O. The van der Waals surface area contributed by atoms with Crippen LogP contribution in [0.3, 0.4) is 0 Å². The Bertz CT molecular complexity index is 811. The smallest absolute Gasteiger partial charge is 0.123 e. The summed E-state index contributed by atoms with van der Waals surface area (Å²) in [5, 5.41) is 11.8. The van der Waals surface area contributed by atoms with Crippen molar-refractivity contribution in [3.05, 3.63) is 28.8 Å². The molecule has 0 saturated heterocycles. The first-order chi connectivity index (χ1) is 15.5. The quantitative estimate of drug-likeness (QED) is 0.509. The fraction of sp³-hybridized carbons (Fsp3) is 0.800. The Morgan fingerprint density at radius 3 is 2.09 bits per heavy atom. The maximum atomic E-state index is 11.8. The molecule has 186 valence electrons. The lowest BCUT2D eigenvalue weighted by Crippen LogP contribution is -2.49. The van der Waals surface area contributed by atoms with Crippen molar-refractivity contribution < 1.29 is 5.11 Å². The average molecular weight is 455 g/mol. The summed E-state index contributed by atoms with van der Waals surface area (Å²) in [6, 6.07) is 5.88. The van der Waals surface area contributed by atoms with E-state index in [-0.39, 0.29) is 10.8 Å². The van der Waals surface area contributed by atoms with Gasteiger partial charge < -0.3 is 10.0 Å². The molecule has 3 nitrogen and oxygen atoms in total. The highest BCUT2D eigenvalue weighted by Crippen LogP contribution is 2.55. The fourth-order valence-electron chi connectivity index (χ4n) is 7.68. The van der Waals surface area contributed by atoms with Crippen LogP contribution in [0.25, 0.3) is 0 Å². The molecule has 3 aliphatic rings. The summed E-state index contributed by atoms with van der Waals surface area (Å²) in [4.78, 5) is 4.96. The molecule has 0 amide bonds. The van der Waals surface area contributed by atoms with Crippen molar-refractivity contribution in [3.8, 4) is 5.75 Å². The van der Waals surface area contributed by atoms with Crippen LogP contribution in [0, 0.1) is 11.8 Å². The average Bonchev–Trinajstić information content (AvgIpc) is 3.12. The summed E-state index contributed by atoms with van der Waals surface area (Å²) in [5.74, 6) is 2.32. The Morgan fingerprint density at radius 1 is 0.939 bits per heavy atom. The van der Waals surface area contributed by atoms with E-state index in [0.29, 0.717) is 17.8 Å². The summed E-state index contributed by atoms with van der Waals surface area (Å²) in [7, 11) is 6.75. The lowest BCUT2D eigenvalue weighted by Gasteiger charge is -2.43. The number of hydrogen-bond donors (Lipinski definition) is 1. The van der Waals surface area contributed by atoms with Crippen LogP contribution in [-0.4, -0.2) is 48.1 Å². The van der Waals surface area contributed by atoms with Crippen LogP contribution in [-0.2, 0) is 17.4 Å². The first kappa shape index (κ1) is 25.0. The molecule has 1 N–H and O–H groups in total. The Balaban J connectivity index is 1.71. The molecule has 4 rings (SSSR count). The molecule has 0 spiro atoms. The summed E-state index contributed by atoms with van der Waals surface area (Å²) >= 11 is 0. The Hall–Kier alpha value is -1.06. The predicted molar refractivity (Wildman–Crippen MR) is 140 cm³/mol.